The van der Waals surface area contributed by atoms with Crippen LogP contribution in [0.15, 0.2) is 34.3 Å². The summed E-state index contributed by atoms with van der Waals surface area (Å²) in [6, 6.07) is 5.89. The number of benzene rings is 1. The fraction of sp³-hybridized carbons (Fsp3) is 0.125. The molecule has 0 aromatic heterocycles. The predicted molar refractivity (Wildman–Crippen MR) is 51.8 cm³/mol. The minimum absolute atomic E-state index is 0.00185. The van der Waals surface area contributed by atoms with Crippen molar-refractivity contribution < 1.29 is 13.6 Å². The lowest BCUT2D eigenvalue weighted by atomic mass is 10.1. The van der Waals surface area contributed by atoms with Crippen molar-refractivity contribution in [3.05, 3.63) is 29.8 Å². The topological polar surface area (TPSA) is 92.8 Å². The minimum atomic E-state index is -3.70. The van der Waals surface area contributed by atoms with Gasteiger partial charge in [0.25, 0.3) is 0 Å². The first kappa shape index (κ1) is 10.7. The second-order valence-corrected chi connectivity index (χ2v) is 4.32. The van der Waals surface area contributed by atoms with Crippen LogP contribution in [-0.4, -0.2) is 19.3 Å². The van der Waals surface area contributed by atoms with Gasteiger partial charge in [-0.15, -0.1) is 0 Å². The minimum Gasteiger partial charge on any atom is -0.411 e. The van der Waals surface area contributed by atoms with E-state index in [1.165, 1.54) is 18.2 Å². The lowest BCUT2D eigenvalue weighted by molar-refractivity contribution is 0.319. The van der Waals surface area contributed by atoms with E-state index in [1.54, 1.807) is 13.0 Å². The summed E-state index contributed by atoms with van der Waals surface area (Å²) in [5.41, 5.74) is 0.842. The summed E-state index contributed by atoms with van der Waals surface area (Å²) in [7, 11) is -3.70. The van der Waals surface area contributed by atoms with Gasteiger partial charge in [0.05, 0.1) is 10.6 Å². The molecule has 0 amide bonds. The third-order valence-corrected chi connectivity index (χ3v) is 2.64. The van der Waals surface area contributed by atoms with E-state index in [2.05, 4.69) is 5.16 Å². The van der Waals surface area contributed by atoms with E-state index in [0.717, 1.165) is 0 Å². The number of oxime groups is 1. The summed E-state index contributed by atoms with van der Waals surface area (Å²) >= 11 is 0. The molecule has 0 aliphatic rings. The lowest BCUT2D eigenvalue weighted by Gasteiger charge is -2.01. The first-order valence-corrected chi connectivity index (χ1v) is 5.31. The Morgan fingerprint density at radius 2 is 2.14 bits per heavy atom. The molecule has 0 radical (unpaired) electrons. The van der Waals surface area contributed by atoms with Gasteiger partial charge in [0, 0.05) is 5.56 Å². The van der Waals surface area contributed by atoms with Gasteiger partial charge in [0.15, 0.2) is 0 Å². The number of sulfonamides is 1. The Bertz CT molecular complexity index is 465. The summed E-state index contributed by atoms with van der Waals surface area (Å²) < 4.78 is 21.9. The van der Waals surface area contributed by atoms with Crippen molar-refractivity contribution in [1.29, 1.82) is 0 Å². The van der Waals surface area contributed by atoms with Crippen molar-refractivity contribution in [3.63, 3.8) is 0 Å². The van der Waals surface area contributed by atoms with E-state index in [-0.39, 0.29) is 4.90 Å². The quantitative estimate of drug-likeness (QED) is 0.427. The molecule has 1 rings (SSSR count). The highest BCUT2D eigenvalue weighted by Gasteiger charge is 2.08. The molecular formula is C8H10N2O3S. The lowest BCUT2D eigenvalue weighted by Crippen LogP contribution is -2.12. The van der Waals surface area contributed by atoms with Crippen molar-refractivity contribution in [2.45, 2.75) is 11.8 Å². The molecule has 0 atom stereocenters. The van der Waals surface area contributed by atoms with Crippen LogP contribution in [0.5, 0.6) is 0 Å². The van der Waals surface area contributed by atoms with Gasteiger partial charge in [-0.2, -0.15) is 0 Å². The molecule has 1 aromatic carbocycles. The van der Waals surface area contributed by atoms with Crippen molar-refractivity contribution in [2.75, 3.05) is 0 Å². The number of rotatable bonds is 2. The Kier molecular flexibility index (Phi) is 2.87. The molecular weight excluding hydrogens is 204 g/mol. The molecule has 14 heavy (non-hydrogen) atoms. The second kappa shape index (κ2) is 3.77. The van der Waals surface area contributed by atoms with E-state index in [9.17, 15) is 8.42 Å². The average molecular weight is 214 g/mol. The molecule has 0 aliphatic carbocycles. The zero-order valence-electron chi connectivity index (χ0n) is 7.51. The third-order valence-electron chi connectivity index (χ3n) is 1.73. The molecule has 1 aromatic rings. The molecule has 0 aliphatic heterocycles. The summed E-state index contributed by atoms with van der Waals surface area (Å²) in [5, 5.41) is 16.4. The molecule has 76 valence electrons. The normalized spacial score (nSPS) is 12.9. The van der Waals surface area contributed by atoms with Gasteiger partial charge in [-0.25, -0.2) is 13.6 Å². The van der Waals surface area contributed by atoms with Crippen LogP contribution < -0.4 is 5.14 Å². The summed E-state index contributed by atoms with van der Waals surface area (Å²) in [6.07, 6.45) is 0. The van der Waals surface area contributed by atoms with Crippen LogP contribution in [0.4, 0.5) is 0 Å². The first-order valence-electron chi connectivity index (χ1n) is 3.77. The largest absolute Gasteiger partial charge is 0.411 e. The van der Waals surface area contributed by atoms with Crippen LogP contribution in [0.2, 0.25) is 0 Å². The molecule has 6 heteroatoms. The predicted octanol–water partition coefficient (Wildman–Crippen LogP) is 0.532. The second-order valence-electron chi connectivity index (χ2n) is 2.76. The molecule has 0 saturated carbocycles. The molecule has 0 fully saturated rings. The summed E-state index contributed by atoms with van der Waals surface area (Å²) in [4.78, 5) is -0.00185. The first-order chi connectivity index (χ1) is 6.45. The molecule has 0 spiro atoms. The highest BCUT2D eigenvalue weighted by atomic mass is 32.2. The maximum atomic E-state index is 11.0. The van der Waals surface area contributed by atoms with E-state index < -0.39 is 10.0 Å². The van der Waals surface area contributed by atoms with E-state index in [1.807, 2.05) is 0 Å². The molecule has 0 saturated heterocycles. The summed E-state index contributed by atoms with van der Waals surface area (Å²) in [5.74, 6) is 0. The Labute approximate surface area is 81.9 Å². The number of nitrogens with two attached hydrogens (primary N) is 1. The number of nitrogens with zero attached hydrogens (tertiary/aromatic N) is 1. The highest BCUT2D eigenvalue weighted by Crippen LogP contribution is 2.10. The van der Waals surface area contributed by atoms with Crippen molar-refractivity contribution >= 4 is 15.7 Å². The van der Waals surface area contributed by atoms with Crippen molar-refractivity contribution in [3.8, 4) is 0 Å². The Morgan fingerprint density at radius 1 is 1.50 bits per heavy atom. The van der Waals surface area contributed by atoms with Crippen LogP contribution in [0.3, 0.4) is 0 Å². The van der Waals surface area contributed by atoms with E-state index >= 15 is 0 Å². The molecule has 0 bridgehead atoms. The van der Waals surface area contributed by atoms with Gasteiger partial charge in [-0.3, -0.25) is 0 Å². The van der Waals surface area contributed by atoms with Crippen molar-refractivity contribution in [2.24, 2.45) is 10.3 Å². The monoisotopic (exact) mass is 214 g/mol. The van der Waals surface area contributed by atoms with Crippen molar-refractivity contribution in [1.82, 2.24) is 0 Å². The van der Waals surface area contributed by atoms with Gasteiger partial charge >= 0.3 is 0 Å². The Balaban J connectivity index is 3.28. The third kappa shape index (κ3) is 2.30. The zero-order valence-corrected chi connectivity index (χ0v) is 8.32. The van der Waals surface area contributed by atoms with Crippen LogP contribution >= 0.6 is 0 Å². The Morgan fingerprint density at radius 3 is 2.64 bits per heavy atom. The van der Waals surface area contributed by atoms with Crippen LogP contribution in [0, 0.1) is 0 Å². The molecule has 3 N–H and O–H groups in total. The number of primary sulfonamides is 1. The fourth-order valence-corrected chi connectivity index (χ4v) is 1.52. The van der Waals surface area contributed by atoms with E-state index in [4.69, 9.17) is 10.3 Å². The highest BCUT2D eigenvalue weighted by molar-refractivity contribution is 7.89. The van der Waals surface area contributed by atoms with E-state index in [0.29, 0.717) is 11.3 Å². The molecule has 5 nitrogen and oxygen atoms in total. The number of hydrogen-bond donors (Lipinski definition) is 2. The molecule has 0 unspecified atom stereocenters. The average Bonchev–Trinajstić information content (AvgIpc) is 2.15. The van der Waals surface area contributed by atoms with Gasteiger partial charge < -0.3 is 5.21 Å². The van der Waals surface area contributed by atoms with Gasteiger partial charge in [0.2, 0.25) is 10.0 Å². The molecule has 0 heterocycles. The maximum absolute atomic E-state index is 11.0. The van der Waals surface area contributed by atoms with Crippen LogP contribution in [-0.2, 0) is 10.0 Å². The number of hydrogen-bond acceptors (Lipinski definition) is 4. The van der Waals surface area contributed by atoms with Gasteiger partial charge in [-0.1, -0.05) is 17.3 Å². The van der Waals surface area contributed by atoms with Crippen LogP contribution in [0.1, 0.15) is 12.5 Å². The fourth-order valence-electron chi connectivity index (χ4n) is 0.956. The Hall–Kier alpha value is -1.40. The zero-order chi connectivity index (χ0) is 10.8. The standard InChI is InChI=1S/C8H10N2O3S/c1-6(10-11)7-3-2-4-8(5-7)14(9,12)13/h2-5,11H,1H3,(H2,9,12,13)/b10-6+. The summed E-state index contributed by atoms with van der Waals surface area (Å²) in [6.45, 7) is 1.56. The maximum Gasteiger partial charge on any atom is 0.238 e. The van der Waals surface area contributed by atoms with Gasteiger partial charge in [-0.05, 0) is 19.1 Å². The smallest absolute Gasteiger partial charge is 0.238 e. The van der Waals surface area contributed by atoms with Gasteiger partial charge in [0.1, 0.15) is 0 Å². The van der Waals surface area contributed by atoms with Crippen LogP contribution in [0.25, 0.3) is 0 Å². The SMILES string of the molecule is C/C(=N\O)c1cccc(S(N)(=O)=O)c1.